The Morgan fingerprint density at radius 2 is 2.50 bits per heavy atom. The SMILES string of the molecule is CSCCNc1cnccc1C(=O)O. The van der Waals surface area contributed by atoms with E-state index in [1.807, 2.05) is 6.26 Å². The Hall–Kier alpha value is -1.23. The Morgan fingerprint density at radius 3 is 3.14 bits per heavy atom. The molecule has 0 aromatic carbocycles. The Bertz CT molecular complexity index is 317. The van der Waals surface area contributed by atoms with Gasteiger partial charge in [-0.25, -0.2) is 4.79 Å². The molecule has 0 bridgehead atoms. The highest BCUT2D eigenvalue weighted by Gasteiger charge is 2.08. The zero-order chi connectivity index (χ0) is 10.4. The van der Waals surface area contributed by atoms with E-state index in [4.69, 9.17) is 5.11 Å². The molecule has 5 heteroatoms. The minimum atomic E-state index is -0.931. The van der Waals surface area contributed by atoms with Gasteiger partial charge in [-0.2, -0.15) is 11.8 Å². The number of carboxylic acids is 1. The number of anilines is 1. The molecule has 0 aliphatic heterocycles. The van der Waals surface area contributed by atoms with Crippen molar-refractivity contribution < 1.29 is 9.90 Å². The van der Waals surface area contributed by atoms with Crippen LogP contribution in [0.5, 0.6) is 0 Å². The number of nitrogens with zero attached hydrogens (tertiary/aromatic N) is 1. The van der Waals surface area contributed by atoms with E-state index < -0.39 is 5.97 Å². The average molecular weight is 212 g/mol. The van der Waals surface area contributed by atoms with Crippen LogP contribution in [0.3, 0.4) is 0 Å². The van der Waals surface area contributed by atoms with Gasteiger partial charge in [-0.15, -0.1) is 0 Å². The maximum Gasteiger partial charge on any atom is 0.337 e. The van der Waals surface area contributed by atoms with Gasteiger partial charge < -0.3 is 10.4 Å². The summed E-state index contributed by atoms with van der Waals surface area (Å²) < 4.78 is 0. The number of aromatic nitrogens is 1. The predicted octanol–water partition coefficient (Wildman–Crippen LogP) is 1.55. The largest absolute Gasteiger partial charge is 0.478 e. The van der Waals surface area contributed by atoms with Gasteiger partial charge >= 0.3 is 5.97 Å². The van der Waals surface area contributed by atoms with Gasteiger partial charge in [0.1, 0.15) is 0 Å². The first-order valence-electron chi connectivity index (χ1n) is 4.16. The number of aromatic carboxylic acids is 1. The van der Waals surface area contributed by atoms with Crippen LogP contribution < -0.4 is 5.32 Å². The molecular weight excluding hydrogens is 200 g/mol. The summed E-state index contributed by atoms with van der Waals surface area (Å²) in [5.74, 6) is 0.00701. The molecule has 0 aliphatic rings. The lowest BCUT2D eigenvalue weighted by Gasteiger charge is -2.07. The molecule has 0 aliphatic carbocycles. The van der Waals surface area contributed by atoms with Crippen LogP contribution in [-0.2, 0) is 0 Å². The first-order chi connectivity index (χ1) is 6.75. The fourth-order valence-electron chi connectivity index (χ4n) is 1.01. The van der Waals surface area contributed by atoms with Crippen LogP contribution in [0, 0.1) is 0 Å². The topological polar surface area (TPSA) is 62.2 Å². The number of nitrogens with one attached hydrogen (secondary N) is 1. The third-order valence-corrected chi connectivity index (χ3v) is 2.29. The lowest BCUT2D eigenvalue weighted by molar-refractivity contribution is 0.0698. The quantitative estimate of drug-likeness (QED) is 0.725. The van der Waals surface area contributed by atoms with Gasteiger partial charge in [0.15, 0.2) is 0 Å². The molecule has 1 aromatic rings. The maximum atomic E-state index is 10.8. The molecule has 1 rings (SSSR count). The number of carboxylic acid groups (broad SMARTS) is 1. The van der Waals surface area contributed by atoms with Gasteiger partial charge in [0.05, 0.1) is 17.4 Å². The smallest absolute Gasteiger partial charge is 0.337 e. The van der Waals surface area contributed by atoms with Gasteiger partial charge in [-0.05, 0) is 12.3 Å². The van der Waals surface area contributed by atoms with Crippen molar-refractivity contribution in [2.45, 2.75) is 0 Å². The van der Waals surface area contributed by atoms with Crippen LogP contribution in [0.25, 0.3) is 0 Å². The fraction of sp³-hybridized carbons (Fsp3) is 0.333. The van der Waals surface area contributed by atoms with E-state index in [2.05, 4.69) is 10.3 Å². The molecule has 1 heterocycles. The molecule has 2 N–H and O–H groups in total. The third-order valence-electron chi connectivity index (χ3n) is 1.67. The van der Waals surface area contributed by atoms with Gasteiger partial charge in [0, 0.05) is 18.5 Å². The van der Waals surface area contributed by atoms with Gasteiger partial charge in [0.2, 0.25) is 0 Å². The summed E-state index contributed by atoms with van der Waals surface area (Å²) in [5, 5.41) is 11.9. The summed E-state index contributed by atoms with van der Waals surface area (Å²) in [6.07, 6.45) is 5.01. The van der Waals surface area contributed by atoms with Crippen LogP contribution in [0.2, 0.25) is 0 Å². The molecule has 0 spiro atoms. The number of hydrogen-bond acceptors (Lipinski definition) is 4. The standard InChI is InChI=1S/C9H12N2O2S/c1-14-5-4-11-8-6-10-3-2-7(8)9(12)13/h2-3,6,11H,4-5H2,1H3,(H,12,13). The van der Waals surface area contributed by atoms with Crippen molar-refractivity contribution in [3.63, 3.8) is 0 Å². The van der Waals surface area contributed by atoms with Crippen LogP contribution in [0.15, 0.2) is 18.5 Å². The van der Waals surface area contributed by atoms with E-state index in [9.17, 15) is 4.79 Å². The van der Waals surface area contributed by atoms with Gasteiger partial charge in [-0.1, -0.05) is 0 Å². The minimum Gasteiger partial charge on any atom is -0.478 e. The molecule has 0 radical (unpaired) electrons. The second-order valence-electron chi connectivity index (χ2n) is 2.65. The molecule has 0 amide bonds. The molecule has 0 saturated heterocycles. The van der Waals surface area contributed by atoms with E-state index in [1.165, 1.54) is 18.5 Å². The van der Waals surface area contributed by atoms with Crippen LogP contribution in [0.4, 0.5) is 5.69 Å². The number of thioether (sulfide) groups is 1. The molecule has 0 saturated carbocycles. The number of pyridine rings is 1. The number of hydrogen-bond donors (Lipinski definition) is 2. The zero-order valence-corrected chi connectivity index (χ0v) is 8.67. The van der Waals surface area contributed by atoms with Crippen LogP contribution >= 0.6 is 11.8 Å². The van der Waals surface area contributed by atoms with Crippen LogP contribution in [-0.4, -0.2) is 34.6 Å². The third kappa shape index (κ3) is 2.92. The predicted molar refractivity (Wildman–Crippen MR) is 58.1 cm³/mol. The summed E-state index contributed by atoms with van der Waals surface area (Å²) in [6, 6.07) is 1.49. The monoisotopic (exact) mass is 212 g/mol. The second-order valence-corrected chi connectivity index (χ2v) is 3.63. The highest BCUT2D eigenvalue weighted by atomic mass is 32.2. The first kappa shape index (κ1) is 10.8. The van der Waals surface area contributed by atoms with Crippen molar-refractivity contribution in [2.24, 2.45) is 0 Å². The summed E-state index contributed by atoms with van der Waals surface area (Å²) in [4.78, 5) is 14.7. The lowest BCUT2D eigenvalue weighted by atomic mass is 10.2. The molecule has 0 atom stereocenters. The van der Waals surface area contributed by atoms with Gasteiger partial charge in [0.25, 0.3) is 0 Å². The van der Waals surface area contributed by atoms with Crippen LogP contribution in [0.1, 0.15) is 10.4 Å². The molecule has 76 valence electrons. The summed E-state index contributed by atoms with van der Waals surface area (Å²) in [5.41, 5.74) is 0.843. The van der Waals surface area contributed by atoms with E-state index in [0.29, 0.717) is 5.69 Å². The van der Waals surface area contributed by atoms with Crippen molar-refractivity contribution in [2.75, 3.05) is 23.9 Å². The minimum absolute atomic E-state index is 0.265. The highest BCUT2D eigenvalue weighted by molar-refractivity contribution is 7.98. The summed E-state index contributed by atoms with van der Waals surface area (Å²) in [7, 11) is 0. The van der Waals surface area contributed by atoms with E-state index in [0.717, 1.165) is 12.3 Å². The van der Waals surface area contributed by atoms with Crippen molar-refractivity contribution in [1.29, 1.82) is 0 Å². The van der Waals surface area contributed by atoms with Gasteiger partial charge in [-0.3, -0.25) is 4.98 Å². The molecule has 0 unspecified atom stereocenters. The Balaban J connectivity index is 2.69. The molecule has 0 fully saturated rings. The second kappa shape index (κ2) is 5.49. The van der Waals surface area contributed by atoms with E-state index in [-0.39, 0.29) is 5.56 Å². The highest BCUT2D eigenvalue weighted by Crippen LogP contribution is 2.12. The zero-order valence-electron chi connectivity index (χ0n) is 7.86. The fourth-order valence-corrected chi connectivity index (χ4v) is 1.32. The molecule has 4 nitrogen and oxygen atoms in total. The Morgan fingerprint density at radius 1 is 1.71 bits per heavy atom. The molecule has 14 heavy (non-hydrogen) atoms. The average Bonchev–Trinajstić information content (AvgIpc) is 2.19. The number of carbonyl (C=O) groups is 1. The van der Waals surface area contributed by atoms with E-state index in [1.54, 1.807) is 11.8 Å². The molecular formula is C9H12N2O2S. The maximum absolute atomic E-state index is 10.8. The lowest BCUT2D eigenvalue weighted by Crippen LogP contribution is -2.09. The van der Waals surface area contributed by atoms with Crippen molar-refractivity contribution in [1.82, 2.24) is 4.98 Å². The van der Waals surface area contributed by atoms with E-state index >= 15 is 0 Å². The first-order valence-corrected chi connectivity index (χ1v) is 5.55. The summed E-state index contributed by atoms with van der Waals surface area (Å²) in [6.45, 7) is 0.743. The Labute approximate surface area is 86.7 Å². The van der Waals surface area contributed by atoms with Crippen molar-refractivity contribution >= 4 is 23.4 Å². The van der Waals surface area contributed by atoms with Crippen molar-refractivity contribution in [3.8, 4) is 0 Å². The normalized spacial score (nSPS) is 9.79. The molecule has 1 aromatic heterocycles. The Kier molecular flexibility index (Phi) is 4.25. The van der Waals surface area contributed by atoms with Crippen molar-refractivity contribution in [3.05, 3.63) is 24.0 Å². The summed E-state index contributed by atoms with van der Waals surface area (Å²) >= 11 is 1.70. The number of rotatable bonds is 5.